The number of carboxylic acids is 2. The van der Waals surface area contributed by atoms with Gasteiger partial charge in [-0.25, -0.2) is 9.59 Å². The van der Waals surface area contributed by atoms with Crippen LogP contribution in [0.3, 0.4) is 0 Å². The second-order valence-corrected chi connectivity index (χ2v) is 9.52. The van der Waals surface area contributed by atoms with Gasteiger partial charge in [0.2, 0.25) is 12.6 Å². The quantitative estimate of drug-likeness (QED) is 0.145. The zero-order valence-corrected chi connectivity index (χ0v) is 21.3. The van der Waals surface area contributed by atoms with Crippen LogP contribution in [0.15, 0.2) is 36.4 Å². The van der Waals surface area contributed by atoms with E-state index in [-0.39, 0.29) is 34.1 Å². The normalized spacial score (nSPS) is 33.3. The maximum atomic E-state index is 11.4. The molecule has 0 saturated carbocycles. The molecule has 0 amide bonds. The first kappa shape index (κ1) is 30.9. The Bertz CT molecular complexity index is 1330. The van der Waals surface area contributed by atoms with Crippen LogP contribution in [-0.4, -0.2) is 124 Å². The molecule has 0 aromatic heterocycles. The summed E-state index contributed by atoms with van der Waals surface area (Å²) in [6, 6.07) is 7.49. The number of phenolic OH excluding ortho intramolecular Hbond substituents is 2. The third kappa shape index (κ3) is 6.56. The third-order valence-corrected chi connectivity index (χ3v) is 6.49. The largest absolute Gasteiger partial charge is 0.508 e. The van der Waals surface area contributed by atoms with Crippen LogP contribution in [0.1, 0.15) is 11.1 Å². The minimum absolute atomic E-state index is 0.125. The summed E-state index contributed by atoms with van der Waals surface area (Å²) in [6.45, 7) is 0. The highest BCUT2D eigenvalue weighted by molar-refractivity contribution is 5.75. The number of aliphatic hydroxyl groups excluding tert-OH is 6. The van der Waals surface area contributed by atoms with E-state index in [0.717, 1.165) is 12.1 Å². The molecule has 0 radical (unpaired) electrons. The molecule has 2 fully saturated rings. The molecule has 42 heavy (non-hydrogen) atoms. The lowest BCUT2D eigenvalue weighted by atomic mass is 9.99. The van der Waals surface area contributed by atoms with Crippen LogP contribution in [0.25, 0.3) is 12.2 Å². The summed E-state index contributed by atoms with van der Waals surface area (Å²) < 4.78 is 21.2. The van der Waals surface area contributed by atoms with E-state index in [2.05, 4.69) is 0 Å². The lowest BCUT2D eigenvalue weighted by Crippen LogP contribution is -2.61. The van der Waals surface area contributed by atoms with Crippen molar-refractivity contribution in [2.24, 2.45) is 0 Å². The molecule has 10 N–H and O–H groups in total. The molecule has 16 nitrogen and oxygen atoms in total. The van der Waals surface area contributed by atoms with Crippen molar-refractivity contribution in [1.29, 1.82) is 0 Å². The van der Waals surface area contributed by atoms with Crippen molar-refractivity contribution in [2.75, 3.05) is 0 Å². The van der Waals surface area contributed by atoms with Gasteiger partial charge in [-0.3, -0.25) is 0 Å². The number of aromatic hydroxyl groups is 2. The van der Waals surface area contributed by atoms with Gasteiger partial charge in [-0.15, -0.1) is 0 Å². The smallest absolute Gasteiger partial charge is 0.335 e. The van der Waals surface area contributed by atoms with Gasteiger partial charge in [-0.2, -0.15) is 0 Å². The average Bonchev–Trinajstić information content (AvgIpc) is 2.92. The molecule has 2 saturated heterocycles. The molecule has 10 atom stereocenters. The van der Waals surface area contributed by atoms with E-state index in [0.29, 0.717) is 0 Å². The number of rotatable bonds is 8. The Hall–Kier alpha value is -4.00. The van der Waals surface area contributed by atoms with E-state index in [1.165, 1.54) is 36.4 Å². The fourth-order valence-electron chi connectivity index (χ4n) is 4.28. The Morgan fingerprint density at radius 3 is 1.74 bits per heavy atom. The molecule has 10 unspecified atom stereocenters. The number of ether oxygens (including phenoxy) is 4. The highest BCUT2D eigenvalue weighted by Crippen LogP contribution is 2.32. The van der Waals surface area contributed by atoms with Gasteiger partial charge in [-0.1, -0.05) is 12.2 Å². The van der Waals surface area contributed by atoms with Crippen LogP contribution in [0.4, 0.5) is 0 Å². The van der Waals surface area contributed by atoms with Crippen molar-refractivity contribution in [2.45, 2.75) is 61.4 Å². The van der Waals surface area contributed by atoms with Crippen molar-refractivity contribution in [3.8, 4) is 23.0 Å². The molecule has 2 aromatic carbocycles. The van der Waals surface area contributed by atoms with Crippen molar-refractivity contribution < 1.29 is 79.6 Å². The van der Waals surface area contributed by atoms with Crippen LogP contribution >= 0.6 is 0 Å². The molecule has 16 heteroatoms. The van der Waals surface area contributed by atoms with Gasteiger partial charge in [0.1, 0.15) is 59.6 Å². The minimum Gasteiger partial charge on any atom is -0.508 e. The van der Waals surface area contributed by atoms with Crippen LogP contribution in [0.5, 0.6) is 23.0 Å². The number of hydrogen-bond donors (Lipinski definition) is 10. The number of hydrogen-bond acceptors (Lipinski definition) is 14. The molecule has 2 aliphatic rings. The summed E-state index contributed by atoms with van der Waals surface area (Å²) in [5, 5.41) is 98.8. The van der Waals surface area contributed by atoms with Gasteiger partial charge < -0.3 is 70.0 Å². The summed E-state index contributed by atoms with van der Waals surface area (Å²) in [4.78, 5) is 22.7. The molecular formula is C26H28O16. The average molecular weight is 596 g/mol. The molecule has 2 aromatic rings. The first-order chi connectivity index (χ1) is 19.8. The Labute approximate surface area is 236 Å². The molecule has 4 rings (SSSR count). The van der Waals surface area contributed by atoms with Gasteiger partial charge in [0.05, 0.1) is 0 Å². The van der Waals surface area contributed by atoms with E-state index < -0.39 is 73.4 Å². The molecule has 0 bridgehead atoms. The second kappa shape index (κ2) is 12.5. The fourth-order valence-corrected chi connectivity index (χ4v) is 4.28. The van der Waals surface area contributed by atoms with Crippen molar-refractivity contribution >= 4 is 24.1 Å². The lowest BCUT2D eigenvalue weighted by molar-refractivity contribution is -0.271. The third-order valence-electron chi connectivity index (χ3n) is 6.49. The van der Waals surface area contributed by atoms with E-state index in [9.17, 15) is 60.7 Å². The monoisotopic (exact) mass is 596 g/mol. The van der Waals surface area contributed by atoms with Crippen LogP contribution in [-0.2, 0) is 19.1 Å². The van der Waals surface area contributed by atoms with Gasteiger partial charge in [0.15, 0.2) is 12.2 Å². The fraction of sp³-hybridized carbons (Fsp3) is 0.385. The van der Waals surface area contributed by atoms with Crippen LogP contribution in [0, 0.1) is 0 Å². The summed E-state index contributed by atoms with van der Waals surface area (Å²) in [5.41, 5.74) is 0.498. The SMILES string of the molecule is O=C(O)C1OC(Oc2cc(O)cc(C=Cc3ccc(O)cc3OC3OC(C(=O)O)C(O)C(O)C3O)c2)C(O)C(O)C1O. The second-order valence-electron chi connectivity index (χ2n) is 9.52. The number of carbonyl (C=O) groups is 2. The molecule has 0 aliphatic carbocycles. The highest BCUT2D eigenvalue weighted by atomic mass is 16.7. The van der Waals surface area contributed by atoms with E-state index in [1.54, 1.807) is 0 Å². The lowest BCUT2D eigenvalue weighted by Gasteiger charge is -2.38. The predicted molar refractivity (Wildman–Crippen MR) is 135 cm³/mol. The number of benzene rings is 2. The number of phenols is 2. The zero-order chi connectivity index (χ0) is 30.9. The number of aliphatic carboxylic acids is 2. The molecular weight excluding hydrogens is 568 g/mol. The van der Waals surface area contributed by atoms with Gasteiger partial charge >= 0.3 is 11.9 Å². The zero-order valence-electron chi connectivity index (χ0n) is 21.3. The van der Waals surface area contributed by atoms with Crippen LogP contribution < -0.4 is 9.47 Å². The van der Waals surface area contributed by atoms with Gasteiger partial charge in [0.25, 0.3) is 0 Å². The summed E-state index contributed by atoms with van der Waals surface area (Å²) in [7, 11) is 0. The maximum Gasteiger partial charge on any atom is 0.335 e. The first-order valence-electron chi connectivity index (χ1n) is 12.3. The van der Waals surface area contributed by atoms with Crippen molar-refractivity contribution in [3.05, 3.63) is 47.5 Å². The Morgan fingerprint density at radius 2 is 1.19 bits per heavy atom. The Balaban J connectivity index is 1.55. The van der Waals surface area contributed by atoms with Gasteiger partial charge in [-0.05, 0) is 29.8 Å². The number of carboxylic acid groups (broad SMARTS) is 2. The van der Waals surface area contributed by atoms with E-state index in [1.807, 2.05) is 0 Å². The summed E-state index contributed by atoms with van der Waals surface area (Å²) in [6.07, 6.45) is -15.9. The molecule has 2 heterocycles. The Morgan fingerprint density at radius 1 is 0.643 bits per heavy atom. The molecule has 2 aliphatic heterocycles. The maximum absolute atomic E-state index is 11.4. The van der Waals surface area contributed by atoms with Crippen molar-refractivity contribution in [1.82, 2.24) is 0 Å². The van der Waals surface area contributed by atoms with Crippen molar-refractivity contribution in [3.63, 3.8) is 0 Å². The highest BCUT2D eigenvalue weighted by Gasteiger charge is 2.49. The van der Waals surface area contributed by atoms with Gasteiger partial charge in [0, 0.05) is 17.7 Å². The minimum atomic E-state index is -1.94. The summed E-state index contributed by atoms with van der Waals surface area (Å²) >= 11 is 0. The number of aliphatic hydroxyl groups is 6. The van der Waals surface area contributed by atoms with Crippen LogP contribution in [0.2, 0.25) is 0 Å². The Kier molecular flexibility index (Phi) is 9.19. The predicted octanol–water partition coefficient (Wildman–Crippen LogP) is -2.19. The molecule has 0 spiro atoms. The molecule has 228 valence electrons. The standard InChI is InChI=1S/C26H28O16/c27-11-4-3-10(14(8-11)40-26-20(34)16(30)18(32)22(42-26)24(37)38)2-1-9-5-12(28)7-13(6-9)39-25-19(33)15(29)17(31)21(41-25)23(35)36/h1-8,15-22,25-34H,(H,35,36)(H,37,38). The summed E-state index contributed by atoms with van der Waals surface area (Å²) in [5.74, 6) is -4.10. The van der Waals surface area contributed by atoms with E-state index in [4.69, 9.17) is 18.9 Å². The van der Waals surface area contributed by atoms with E-state index >= 15 is 0 Å². The topological polar surface area (TPSA) is 273 Å². The first-order valence-corrected chi connectivity index (χ1v) is 12.3.